The van der Waals surface area contributed by atoms with Crippen LogP contribution in [0.25, 0.3) is 0 Å². The third-order valence-electron chi connectivity index (χ3n) is 4.74. The summed E-state index contributed by atoms with van der Waals surface area (Å²) in [6, 6.07) is 5.07. The maximum Gasteiger partial charge on any atom is 0.240 e. The maximum absolute atomic E-state index is 12.8. The van der Waals surface area contributed by atoms with Crippen LogP contribution in [-0.2, 0) is 9.59 Å². The van der Waals surface area contributed by atoms with Gasteiger partial charge in [-0.2, -0.15) is 0 Å². The maximum atomic E-state index is 12.8. The quantitative estimate of drug-likeness (QED) is 0.834. The van der Waals surface area contributed by atoms with E-state index in [1.807, 2.05) is 4.90 Å². The summed E-state index contributed by atoms with van der Waals surface area (Å²) in [5.74, 6) is 0.179. The molecule has 0 bridgehead atoms. The molecule has 1 aliphatic heterocycles. The van der Waals surface area contributed by atoms with Gasteiger partial charge in [0.2, 0.25) is 11.8 Å². The van der Waals surface area contributed by atoms with Crippen LogP contribution in [0.5, 0.6) is 0 Å². The van der Waals surface area contributed by atoms with Gasteiger partial charge in [-0.05, 0) is 43.7 Å². The molecule has 1 heterocycles. The molecule has 1 saturated heterocycles. The van der Waals surface area contributed by atoms with Gasteiger partial charge in [-0.25, -0.2) is 0 Å². The summed E-state index contributed by atoms with van der Waals surface area (Å²) >= 11 is 12.1. The SMILES string of the molecule is CC1CCCN(C(=O)C2(C(=O)Nc3cccc(Cl)c3Cl)CC2)C1. The molecular formula is C17H20Cl2N2O2. The molecule has 1 aliphatic carbocycles. The fraction of sp³-hybridized carbons (Fsp3) is 0.529. The first-order chi connectivity index (χ1) is 10.9. The van der Waals surface area contributed by atoms with Gasteiger partial charge < -0.3 is 10.2 Å². The molecule has 3 rings (SSSR count). The van der Waals surface area contributed by atoms with E-state index in [2.05, 4.69) is 12.2 Å². The van der Waals surface area contributed by atoms with E-state index < -0.39 is 5.41 Å². The zero-order valence-electron chi connectivity index (χ0n) is 13.1. The van der Waals surface area contributed by atoms with Crippen LogP contribution in [0.15, 0.2) is 18.2 Å². The number of hydrogen-bond donors (Lipinski definition) is 1. The first kappa shape index (κ1) is 16.6. The Morgan fingerprint density at radius 2 is 2.04 bits per heavy atom. The van der Waals surface area contributed by atoms with Gasteiger partial charge in [-0.15, -0.1) is 0 Å². The van der Waals surface area contributed by atoms with Crippen molar-refractivity contribution in [2.45, 2.75) is 32.6 Å². The molecule has 0 radical (unpaired) electrons. The fourth-order valence-electron chi connectivity index (χ4n) is 3.18. The minimum atomic E-state index is -0.914. The molecule has 4 nitrogen and oxygen atoms in total. The second-order valence-electron chi connectivity index (χ2n) is 6.64. The number of benzene rings is 1. The van der Waals surface area contributed by atoms with Gasteiger partial charge in [0.15, 0.2) is 0 Å². The summed E-state index contributed by atoms with van der Waals surface area (Å²) < 4.78 is 0. The second-order valence-corrected chi connectivity index (χ2v) is 7.42. The van der Waals surface area contributed by atoms with Crippen molar-refractivity contribution < 1.29 is 9.59 Å². The lowest BCUT2D eigenvalue weighted by Crippen LogP contribution is -2.46. The van der Waals surface area contributed by atoms with Crippen LogP contribution in [-0.4, -0.2) is 29.8 Å². The van der Waals surface area contributed by atoms with Gasteiger partial charge >= 0.3 is 0 Å². The van der Waals surface area contributed by atoms with Crippen LogP contribution in [0, 0.1) is 11.3 Å². The number of anilines is 1. The van der Waals surface area contributed by atoms with E-state index in [0.29, 0.717) is 34.5 Å². The highest BCUT2D eigenvalue weighted by Crippen LogP contribution is 2.49. The number of rotatable bonds is 3. The third-order valence-corrected chi connectivity index (χ3v) is 5.56. The lowest BCUT2D eigenvalue weighted by Gasteiger charge is -2.33. The molecule has 2 aliphatic rings. The Bertz CT molecular complexity index is 643. The van der Waals surface area contributed by atoms with Gasteiger partial charge in [-0.3, -0.25) is 9.59 Å². The Balaban J connectivity index is 1.73. The van der Waals surface area contributed by atoms with Gasteiger partial charge in [0, 0.05) is 13.1 Å². The van der Waals surface area contributed by atoms with Crippen molar-refractivity contribution in [1.29, 1.82) is 0 Å². The smallest absolute Gasteiger partial charge is 0.240 e. The van der Waals surface area contributed by atoms with Gasteiger partial charge in [0.25, 0.3) is 0 Å². The zero-order chi connectivity index (χ0) is 16.6. The van der Waals surface area contributed by atoms with Crippen LogP contribution in [0.2, 0.25) is 10.0 Å². The van der Waals surface area contributed by atoms with Crippen LogP contribution < -0.4 is 5.32 Å². The van der Waals surface area contributed by atoms with Crippen molar-refractivity contribution in [2.75, 3.05) is 18.4 Å². The number of piperidine rings is 1. The van der Waals surface area contributed by atoms with Crippen LogP contribution >= 0.6 is 23.2 Å². The number of likely N-dealkylation sites (tertiary alicyclic amines) is 1. The van der Waals surface area contributed by atoms with E-state index in [1.54, 1.807) is 18.2 Å². The van der Waals surface area contributed by atoms with Crippen molar-refractivity contribution in [1.82, 2.24) is 4.90 Å². The molecule has 23 heavy (non-hydrogen) atoms. The van der Waals surface area contributed by atoms with Crippen molar-refractivity contribution in [2.24, 2.45) is 11.3 Å². The monoisotopic (exact) mass is 354 g/mol. The number of carbonyl (C=O) groups is 2. The molecule has 6 heteroatoms. The molecule has 1 unspecified atom stereocenters. The first-order valence-electron chi connectivity index (χ1n) is 7.99. The summed E-state index contributed by atoms with van der Waals surface area (Å²) in [6.45, 7) is 3.63. The number of nitrogens with zero attached hydrogens (tertiary/aromatic N) is 1. The van der Waals surface area contributed by atoms with Gasteiger partial charge in [-0.1, -0.05) is 36.2 Å². The lowest BCUT2D eigenvalue weighted by atomic mass is 9.96. The average molecular weight is 355 g/mol. The molecule has 2 fully saturated rings. The highest BCUT2D eigenvalue weighted by Gasteiger charge is 2.58. The number of hydrogen-bond acceptors (Lipinski definition) is 2. The van der Waals surface area contributed by atoms with Crippen LogP contribution in [0.1, 0.15) is 32.6 Å². The average Bonchev–Trinajstić information content (AvgIpc) is 3.33. The molecular weight excluding hydrogens is 335 g/mol. The second kappa shape index (κ2) is 6.33. The molecule has 124 valence electrons. The Kier molecular flexibility index (Phi) is 4.56. The van der Waals surface area contributed by atoms with E-state index >= 15 is 0 Å². The number of carbonyl (C=O) groups excluding carboxylic acids is 2. The van der Waals surface area contributed by atoms with Gasteiger partial charge in [0.1, 0.15) is 5.41 Å². The van der Waals surface area contributed by atoms with Crippen molar-refractivity contribution in [3.8, 4) is 0 Å². The highest BCUT2D eigenvalue weighted by atomic mass is 35.5. The molecule has 1 N–H and O–H groups in total. The molecule has 1 aromatic rings. The highest BCUT2D eigenvalue weighted by molar-refractivity contribution is 6.44. The molecule has 1 saturated carbocycles. The molecule has 1 atom stereocenters. The third kappa shape index (κ3) is 3.20. The predicted octanol–water partition coefficient (Wildman–Crippen LogP) is 3.97. The zero-order valence-corrected chi connectivity index (χ0v) is 14.6. The number of halogens is 2. The van der Waals surface area contributed by atoms with E-state index in [4.69, 9.17) is 23.2 Å². The molecule has 1 aromatic carbocycles. The van der Waals surface area contributed by atoms with Crippen molar-refractivity contribution in [3.63, 3.8) is 0 Å². The standard InChI is InChI=1S/C17H20Cl2N2O2/c1-11-4-3-9-21(10-11)16(23)17(7-8-17)15(22)20-13-6-2-5-12(18)14(13)19/h2,5-6,11H,3-4,7-10H2,1H3,(H,20,22). The van der Waals surface area contributed by atoms with Gasteiger partial charge in [0.05, 0.1) is 15.7 Å². The minimum Gasteiger partial charge on any atom is -0.342 e. The lowest BCUT2D eigenvalue weighted by molar-refractivity contribution is -0.143. The topological polar surface area (TPSA) is 49.4 Å². The normalized spacial score (nSPS) is 22.6. The van der Waals surface area contributed by atoms with E-state index in [0.717, 1.165) is 25.9 Å². The van der Waals surface area contributed by atoms with Crippen LogP contribution in [0.4, 0.5) is 5.69 Å². The summed E-state index contributed by atoms with van der Waals surface area (Å²) in [5, 5.41) is 3.47. The minimum absolute atomic E-state index is 0.0419. The predicted molar refractivity (Wildman–Crippen MR) is 91.7 cm³/mol. The van der Waals surface area contributed by atoms with E-state index in [9.17, 15) is 9.59 Å². The number of amides is 2. The fourth-order valence-corrected chi connectivity index (χ4v) is 3.53. The molecule has 0 spiro atoms. The number of nitrogens with one attached hydrogen (secondary N) is 1. The van der Waals surface area contributed by atoms with E-state index in [1.165, 1.54) is 0 Å². The molecule has 2 amide bonds. The summed E-state index contributed by atoms with van der Waals surface area (Å²) in [5.41, 5.74) is -0.460. The van der Waals surface area contributed by atoms with Crippen molar-refractivity contribution in [3.05, 3.63) is 28.2 Å². The van der Waals surface area contributed by atoms with Crippen LogP contribution in [0.3, 0.4) is 0 Å². The largest absolute Gasteiger partial charge is 0.342 e. The Morgan fingerprint density at radius 1 is 1.30 bits per heavy atom. The Hall–Kier alpha value is -1.26. The van der Waals surface area contributed by atoms with E-state index in [-0.39, 0.29) is 11.8 Å². The van der Waals surface area contributed by atoms with Crippen molar-refractivity contribution >= 4 is 40.7 Å². The summed E-state index contributed by atoms with van der Waals surface area (Å²) in [6.07, 6.45) is 3.34. The summed E-state index contributed by atoms with van der Waals surface area (Å²) in [4.78, 5) is 27.3. The summed E-state index contributed by atoms with van der Waals surface area (Å²) in [7, 11) is 0. The Labute approximate surface area is 146 Å². The molecule has 0 aromatic heterocycles. The first-order valence-corrected chi connectivity index (χ1v) is 8.74. The Morgan fingerprint density at radius 3 is 2.70 bits per heavy atom.